The predicted octanol–water partition coefficient (Wildman–Crippen LogP) is 5.58. The van der Waals surface area contributed by atoms with Crippen molar-refractivity contribution < 1.29 is 23.8 Å². The summed E-state index contributed by atoms with van der Waals surface area (Å²) in [6.45, 7) is 5.66. The maximum absolute atomic E-state index is 14.2. The predicted molar refractivity (Wildman–Crippen MR) is 114 cm³/mol. The second-order valence-corrected chi connectivity index (χ2v) is 7.65. The molecule has 0 aliphatic rings. The van der Waals surface area contributed by atoms with E-state index < -0.39 is 29.4 Å². The third kappa shape index (κ3) is 4.05. The molecule has 5 nitrogen and oxygen atoms in total. The van der Waals surface area contributed by atoms with Gasteiger partial charge < -0.3 is 9.84 Å². The molecule has 1 heterocycles. The molecule has 158 valence electrons. The van der Waals surface area contributed by atoms with Crippen molar-refractivity contribution in [1.29, 1.82) is 0 Å². The van der Waals surface area contributed by atoms with E-state index in [-0.39, 0.29) is 5.52 Å². The molecule has 0 amide bonds. The summed E-state index contributed by atoms with van der Waals surface area (Å²) in [4.78, 5) is 25.8. The zero-order valence-corrected chi connectivity index (χ0v) is 17.8. The lowest BCUT2D eigenvalue weighted by Crippen LogP contribution is -2.17. The van der Waals surface area contributed by atoms with Crippen LogP contribution in [0.4, 0.5) is 4.39 Å². The van der Waals surface area contributed by atoms with E-state index in [9.17, 15) is 19.1 Å². The smallest absolute Gasteiger partial charge is 0.313 e. The summed E-state index contributed by atoms with van der Waals surface area (Å²) in [7, 11) is 0. The lowest BCUT2D eigenvalue weighted by atomic mass is 9.98. The molecule has 0 bridgehead atoms. The monoisotopic (exact) mass is 431 g/mol. The van der Waals surface area contributed by atoms with Crippen LogP contribution in [-0.4, -0.2) is 28.2 Å². The van der Waals surface area contributed by atoms with Crippen molar-refractivity contribution in [2.24, 2.45) is 0 Å². The molecule has 1 N–H and O–H groups in total. The number of aromatic hydroxyl groups is 1. The van der Waals surface area contributed by atoms with E-state index in [4.69, 9.17) is 16.3 Å². The number of esters is 1. The average molecular weight is 432 g/mol. The zero-order valence-electron chi connectivity index (χ0n) is 17.0. The van der Waals surface area contributed by atoms with E-state index in [2.05, 4.69) is 0 Å². The normalized spacial score (nSPS) is 12.2. The minimum atomic E-state index is -0.852. The molecule has 2 aromatic carbocycles. The van der Waals surface area contributed by atoms with Gasteiger partial charge in [-0.25, -0.2) is 4.39 Å². The highest BCUT2D eigenvalue weighted by Gasteiger charge is 2.28. The fourth-order valence-electron chi connectivity index (χ4n) is 3.54. The third-order valence-corrected chi connectivity index (χ3v) is 5.40. The number of phenols is 1. The molecule has 3 aromatic rings. The van der Waals surface area contributed by atoms with Crippen molar-refractivity contribution in [3.05, 3.63) is 64.1 Å². The quantitative estimate of drug-likeness (QED) is 0.408. The molecule has 0 saturated carbocycles. The van der Waals surface area contributed by atoms with Crippen LogP contribution in [0.5, 0.6) is 5.75 Å². The number of phenolic OH excluding ortho intramolecular Hbond substituents is 1. The molecule has 0 spiro atoms. The lowest BCUT2D eigenvalue weighted by molar-refractivity contribution is -0.145. The Balaban J connectivity index is 2.15. The first kappa shape index (κ1) is 21.8. The van der Waals surface area contributed by atoms with Crippen LogP contribution in [0, 0.1) is 12.7 Å². The number of halogens is 2. The molecule has 0 fully saturated rings. The summed E-state index contributed by atoms with van der Waals surface area (Å²) in [6, 6.07) is 8.69. The molecule has 0 radical (unpaired) electrons. The van der Waals surface area contributed by atoms with Gasteiger partial charge in [0, 0.05) is 27.7 Å². The minimum absolute atomic E-state index is 0.269. The van der Waals surface area contributed by atoms with E-state index >= 15 is 0 Å². The molecule has 30 heavy (non-hydrogen) atoms. The number of benzene rings is 2. The van der Waals surface area contributed by atoms with Gasteiger partial charge >= 0.3 is 5.97 Å². The van der Waals surface area contributed by atoms with Gasteiger partial charge in [-0.1, -0.05) is 24.9 Å². The van der Waals surface area contributed by atoms with Gasteiger partial charge in [-0.15, -0.1) is 0 Å². The molecule has 0 aliphatic carbocycles. The maximum Gasteiger partial charge on any atom is 0.313 e. The summed E-state index contributed by atoms with van der Waals surface area (Å²) in [5.41, 5.74) is 1.63. The van der Waals surface area contributed by atoms with Crippen LogP contribution in [0.15, 0.2) is 36.4 Å². The van der Waals surface area contributed by atoms with Crippen LogP contribution >= 0.6 is 11.6 Å². The number of unbranched alkanes of at least 4 members (excludes halogenated alkanes) is 1. The van der Waals surface area contributed by atoms with Crippen molar-refractivity contribution in [3.63, 3.8) is 0 Å². The van der Waals surface area contributed by atoms with Gasteiger partial charge in [-0.05, 0) is 56.2 Å². The van der Waals surface area contributed by atoms with E-state index in [0.29, 0.717) is 33.8 Å². The standard InChI is InChI=1S/C23H23ClFNO4/c1-4-5-10-30-23(29)13(2)21-14(3)26(19-12-18(25)20(27)11-17(19)21)22(28)15-6-8-16(24)9-7-15/h6-9,11-13,27H,4-5,10H2,1-3H3/t13-/m0/s1. The molecular weight excluding hydrogens is 409 g/mol. The second-order valence-electron chi connectivity index (χ2n) is 7.21. The van der Waals surface area contributed by atoms with Gasteiger partial charge in [-0.2, -0.15) is 0 Å². The van der Waals surface area contributed by atoms with Crippen LogP contribution in [0.2, 0.25) is 5.02 Å². The number of ether oxygens (including phenoxy) is 1. The van der Waals surface area contributed by atoms with Gasteiger partial charge in [0.25, 0.3) is 5.91 Å². The fraction of sp³-hybridized carbons (Fsp3) is 0.304. The first-order valence-electron chi connectivity index (χ1n) is 9.76. The van der Waals surface area contributed by atoms with Crippen molar-refractivity contribution in [2.75, 3.05) is 6.61 Å². The summed E-state index contributed by atoms with van der Waals surface area (Å²) < 4.78 is 20.9. The third-order valence-electron chi connectivity index (χ3n) is 5.14. The number of rotatable bonds is 6. The Morgan fingerprint density at radius 3 is 2.53 bits per heavy atom. The van der Waals surface area contributed by atoms with E-state index in [1.54, 1.807) is 38.1 Å². The summed E-state index contributed by atoms with van der Waals surface area (Å²) >= 11 is 5.91. The van der Waals surface area contributed by atoms with Gasteiger partial charge in [-0.3, -0.25) is 14.2 Å². The molecule has 3 rings (SSSR count). The number of hydrogen-bond donors (Lipinski definition) is 1. The average Bonchev–Trinajstić information content (AvgIpc) is 2.98. The Hall–Kier alpha value is -2.86. The molecular formula is C23H23ClFNO4. The topological polar surface area (TPSA) is 68.5 Å². The molecule has 7 heteroatoms. The Kier molecular flexibility index (Phi) is 6.46. The van der Waals surface area contributed by atoms with Gasteiger partial charge in [0.1, 0.15) is 0 Å². The van der Waals surface area contributed by atoms with Crippen LogP contribution < -0.4 is 0 Å². The van der Waals surface area contributed by atoms with Crippen molar-refractivity contribution >= 4 is 34.4 Å². The van der Waals surface area contributed by atoms with E-state index in [0.717, 1.165) is 18.9 Å². The minimum Gasteiger partial charge on any atom is -0.505 e. The van der Waals surface area contributed by atoms with Gasteiger partial charge in [0.15, 0.2) is 11.6 Å². The van der Waals surface area contributed by atoms with E-state index in [1.165, 1.54) is 10.6 Å². The number of fused-ring (bicyclic) bond motifs is 1. The van der Waals surface area contributed by atoms with Crippen LogP contribution in [0.3, 0.4) is 0 Å². The molecule has 1 atom stereocenters. The number of hydrogen-bond acceptors (Lipinski definition) is 4. The lowest BCUT2D eigenvalue weighted by Gasteiger charge is -2.13. The Bertz CT molecular complexity index is 1100. The van der Waals surface area contributed by atoms with E-state index in [1.807, 2.05) is 6.92 Å². The summed E-state index contributed by atoms with van der Waals surface area (Å²) in [6.07, 6.45) is 1.64. The van der Waals surface area contributed by atoms with Gasteiger partial charge in [0.2, 0.25) is 0 Å². The second kappa shape index (κ2) is 8.88. The molecule has 0 aliphatic heterocycles. The summed E-state index contributed by atoms with van der Waals surface area (Å²) in [5, 5.41) is 10.8. The maximum atomic E-state index is 14.2. The number of aromatic nitrogens is 1. The van der Waals surface area contributed by atoms with Crippen LogP contribution in [-0.2, 0) is 9.53 Å². The molecule has 0 saturated heterocycles. The Morgan fingerprint density at radius 1 is 1.23 bits per heavy atom. The summed E-state index contributed by atoms with van der Waals surface area (Å²) in [5.74, 6) is -2.93. The van der Waals surface area contributed by atoms with Crippen molar-refractivity contribution in [3.8, 4) is 5.75 Å². The van der Waals surface area contributed by atoms with Crippen LogP contribution in [0.1, 0.15) is 54.2 Å². The van der Waals surface area contributed by atoms with Crippen molar-refractivity contribution in [1.82, 2.24) is 4.57 Å². The van der Waals surface area contributed by atoms with Crippen molar-refractivity contribution in [2.45, 2.75) is 39.5 Å². The molecule has 1 aromatic heterocycles. The number of carbonyl (C=O) groups excluding carboxylic acids is 2. The number of carbonyl (C=O) groups is 2. The largest absolute Gasteiger partial charge is 0.505 e. The molecule has 0 unspecified atom stereocenters. The fourth-order valence-corrected chi connectivity index (χ4v) is 3.66. The highest BCUT2D eigenvalue weighted by atomic mass is 35.5. The highest BCUT2D eigenvalue weighted by molar-refractivity contribution is 6.30. The Morgan fingerprint density at radius 2 is 1.90 bits per heavy atom. The highest BCUT2D eigenvalue weighted by Crippen LogP contribution is 2.36. The zero-order chi connectivity index (χ0) is 22.0. The van der Waals surface area contributed by atoms with Gasteiger partial charge in [0.05, 0.1) is 18.0 Å². The SMILES string of the molecule is CCCCOC(=O)[C@@H](C)c1c(C)n(C(=O)c2ccc(Cl)cc2)c2cc(F)c(O)cc12. The Labute approximate surface area is 179 Å². The first-order valence-corrected chi connectivity index (χ1v) is 10.1. The number of nitrogens with zero attached hydrogens (tertiary/aromatic N) is 1. The first-order chi connectivity index (χ1) is 14.3. The van der Waals surface area contributed by atoms with Crippen LogP contribution in [0.25, 0.3) is 10.9 Å².